The first kappa shape index (κ1) is 30.6. The molecular weight excluding hydrogens is 578 g/mol. The summed E-state index contributed by atoms with van der Waals surface area (Å²) < 4.78 is 2.44. The molecule has 4 aromatic carbocycles. The Kier molecular flexibility index (Phi) is 9.10. The number of anilines is 1. The van der Waals surface area contributed by atoms with Crippen molar-refractivity contribution in [1.29, 1.82) is 0 Å². The van der Waals surface area contributed by atoms with E-state index in [0.717, 1.165) is 27.8 Å². The maximum absolute atomic E-state index is 14.1. The van der Waals surface area contributed by atoms with Crippen molar-refractivity contribution in [3.8, 4) is 5.69 Å². The SMILES string of the molecule is CCc1ccc(-n2c(=O)c3ccc(C(=O)NCCc4ccccc4)cc3n(CC(=O)N3CCN(c4ccccc4)CC3)c2=O)cc1. The van der Waals surface area contributed by atoms with Crippen molar-refractivity contribution in [2.24, 2.45) is 0 Å². The molecule has 0 spiro atoms. The van der Waals surface area contributed by atoms with Crippen molar-refractivity contribution in [2.75, 3.05) is 37.6 Å². The van der Waals surface area contributed by atoms with Gasteiger partial charge in [-0.15, -0.1) is 0 Å². The second-order valence-corrected chi connectivity index (χ2v) is 11.5. The highest BCUT2D eigenvalue weighted by Gasteiger charge is 2.24. The second kappa shape index (κ2) is 13.7. The summed E-state index contributed by atoms with van der Waals surface area (Å²) in [6.07, 6.45) is 1.48. The third-order valence-corrected chi connectivity index (χ3v) is 8.60. The maximum atomic E-state index is 14.1. The lowest BCUT2D eigenvalue weighted by Crippen LogP contribution is -2.50. The maximum Gasteiger partial charge on any atom is 0.336 e. The number of hydrogen-bond acceptors (Lipinski definition) is 5. The molecule has 9 heteroatoms. The van der Waals surface area contributed by atoms with Crippen molar-refractivity contribution in [3.63, 3.8) is 0 Å². The van der Waals surface area contributed by atoms with Crippen LogP contribution < -0.4 is 21.5 Å². The Hall–Kier alpha value is -5.44. The fraction of sp³-hybridized carbons (Fsp3) is 0.243. The Morgan fingerprint density at radius 1 is 0.739 bits per heavy atom. The van der Waals surface area contributed by atoms with Crippen molar-refractivity contribution < 1.29 is 9.59 Å². The number of rotatable bonds is 9. The first-order chi connectivity index (χ1) is 22.4. The van der Waals surface area contributed by atoms with E-state index < -0.39 is 11.2 Å². The summed E-state index contributed by atoms with van der Waals surface area (Å²) in [7, 11) is 0. The Balaban J connectivity index is 1.31. The molecule has 0 aliphatic carbocycles. The van der Waals surface area contributed by atoms with E-state index in [2.05, 4.69) is 22.3 Å². The molecule has 0 radical (unpaired) electrons. The molecule has 9 nitrogen and oxygen atoms in total. The van der Waals surface area contributed by atoms with Gasteiger partial charge in [-0.1, -0.05) is 67.6 Å². The van der Waals surface area contributed by atoms with Gasteiger partial charge in [0.15, 0.2) is 0 Å². The number of aryl methyl sites for hydroxylation is 1. The number of benzene rings is 4. The fourth-order valence-corrected chi connectivity index (χ4v) is 5.92. The van der Waals surface area contributed by atoms with Crippen LogP contribution in [0.15, 0.2) is 113 Å². The van der Waals surface area contributed by atoms with Crippen molar-refractivity contribution >= 4 is 28.4 Å². The summed E-state index contributed by atoms with van der Waals surface area (Å²) in [5, 5.41) is 3.18. The second-order valence-electron chi connectivity index (χ2n) is 11.5. The molecule has 0 bridgehead atoms. The lowest BCUT2D eigenvalue weighted by Gasteiger charge is -2.36. The molecule has 1 aliphatic heterocycles. The van der Waals surface area contributed by atoms with Crippen molar-refractivity contribution in [3.05, 3.63) is 141 Å². The average molecular weight is 616 g/mol. The van der Waals surface area contributed by atoms with Crippen LogP contribution >= 0.6 is 0 Å². The van der Waals surface area contributed by atoms with Crippen LogP contribution in [-0.2, 0) is 24.2 Å². The number of piperazine rings is 1. The van der Waals surface area contributed by atoms with Crippen LogP contribution in [0.1, 0.15) is 28.4 Å². The molecule has 1 fully saturated rings. The Labute approximate surface area is 267 Å². The summed E-state index contributed by atoms with van der Waals surface area (Å²) in [5.41, 5.74) is 3.14. The molecule has 0 atom stereocenters. The van der Waals surface area contributed by atoms with Crippen LogP contribution in [0.2, 0.25) is 0 Å². The third-order valence-electron chi connectivity index (χ3n) is 8.60. The van der Waals surface area contributed by atoms with Crippen LogP contribution in [0.4, 0.5) is 5.69 Å². The normalized spacial score (nSPS) is 13.2. The molecule has 5 aromatic rings. The third kappa shape index (κ3) is 6.49. The number of carbonyl (C=O) groups is 2. The number of hydrogen-bond donors (Lipinski definition) is 1. The van der Waals surface area contributed by atoms with Gasteiger partial charge in [-0.05, 0) is 66.4 Å². The molecular formula is C37H37N5O4. The Morgan fingerprint density at radius 3 is 2.09 bits per heavy atom. The zero-order chi connectivity index (χ0) is 32.0. The van der Waals surface area contributed by atoms with Crippen LogP contribution in [0.5, 0.6) is 0 Å². The lowest BCUT2D eigenvalue weighted by atomic mass is 10.1. The minimum atomic E-state index is -0.625. The fourth-order valence-electron chi connectivity index (χ4n) is 5.92. The standard InChI is InChI=1S/C37H37N5O4/c1-2-27-13-16-31(17-14-27)42-36(45)32-18-15-29(35(44)38-20-19-28-9-5-3-6-10-28)25-33(32)41(37(42)46)26-34(43)40-23-21-39(22-24-40)30-11-7-4-8-12-30/h3-18,25H,2,19-24,26H2,1H3,(H,38,44). The minimum absolute atomic E-state index is 0.222. The number of amides is 2. The lowest BCUT2D eigenvalue weighted by molar-refractivity contribution is -0.132. The van der Waals surface area contributed by atoms with E-state index in [1.807, 2.05) is 67.6 Å². The van der Waals surface area contributed by atoms with E-state index >= 15 is 0 Å². The summed E-state index contributed by atoms with van der Waals surface area (Å²) in [5.74, 6) is -0.542. The predicted octanol–water partition coefficient (Wildman–Crippen LogP) is 4.04. The molecule has 0 unspecified atom stereocenters. The molecule has 234 valence electrons. The van der Waals surface area contributed by atoms with E-state index in [1.54, 1.807) is 35.2 Å². The monoisotopic (exact) mass is 615 g/mol. The van der Waals surface area contributed by atoms with Gasteiger partial charge in [0.1, 0.15) is 6.54 Å². The molecule has 1 aromatic heterocycles. The highest BCUT2D eigenvalue weighted by Crippen LogP contribution is 2.18. The topological polar surface area (TPSA) is 96.6 Å². The smallest absolute Gasteiger partial charge is 0.336 e. The van der Waals surface area contributed by atoms with Crippen LogP contribution in [-0.4, -0.2) is 58.6 Å². The van der Waals surface area contributed by atoms with Gasteiger partial charge in [0.05, 0.1) is 16.6 Å². The van der Waals surface area contributed by atoms with Crippen molar-refractivity contribution in [1.82, 2.24) is 19.4 Å². The molecule has 2 amide bonds. The van der Waals surface area contributed by atoms with Gasteiger partial charge in [-0.25, -0.2) is 9.36 Å². The van der Waals surface area contributed by atoms with Gasteiger partial charge in [0, 0.05) is 44.0 Å². The van der Waals surface area contributed by atoms with Crippen LogP contribution in [0.25, 0.3) is 16.6 Å². The number of para-hydroxylation sites is 1. The average Bonchev–Trinajstić information content (AvgIpc) is 3.11. The zero-order valence-electron chi connectivity index (χ0n) is 25.9. The van der Waals surface area contributed by atoms with Gasteiger partial charge in [-0.3, -0.25) is 19.0 Å². The minimum Gasteiger partial charge on any atom is -0.368 e. The van der Waals surface area contributed by atoms with Gasteiger partial charge in [-0.2, -0.15) is 0 Å². The summed E-state index contributed by atoms with van der Waals surface area (Å²) >= 11 is 0. The number of aromatic nitrogens is 2. The molecule has 1 aliphatic rings. The van der Waals surface area contributed by atoms with Crippen LogP contribution in [0, 0.1) is 0 Å². The highest BCUT2D eigenvalue weighted by atomic mass is 16.2. The molecule has 0 saturated carbocycles. The zero-order valence-corrected chi connectivity index (χ0v) is 25.9. The number of fused-ring (bicyclic) bond motifs is 1. The van der Waals surface area contributed by atoms with Crippen LogP contribution in [0.3, 0.4) is 0 Å². The Morgan fingerprint density at radius 2 is 1.41 bits per heavy atom. The first-order valence-corrected chi connectivity index (χ1v) is 15.7. The van der Waals surface area contributed by atoms with Crippen molar-refractivity contribution in [2.45, 2.75) is 26.3 Å². The molecule has 46 heavy (non-hydrogen) atoms. The molecule has 1 saturated heterocycles. The van der Waals surface area contributed by atoms with Gasteiger partial charge >= 0.3 is 5.69 Å². The summed E-state index contributed by atoms with van der Waals surface area (Å²) in [6.45, 7) is 4.56. The van der Waals surface area contributed by atoms with Gasteiger partial charge in [0.2, 0.25) is 5.91 Å². The first-order valence-electron chi connectivity index (χ1n) is 15.7. The quantitative estimate of drug-likeness (QED) is 0.270. The van der Waals surface area contributed by atoms with E-state index in [0.29, 0.717) is 50.4 Å². The molecule has 6 rings (SSSR count). The van der Waals surface area contributed by atoms with E-state index in [9.17, 15) is 19.2 Å². The Bertz CT molecular complexity index is 1960. The number of carbonyl (C=O) groups excluding carboxylic acids is 2. The molecule has 1 N–H and O–H groups in total. The van der Waals surface area contributed by atoms with E-state index in [-0.39, 0.29) is 29.3 Å². The summed E-state index contributed by atoms with van der Waals surface area (Å²) in [6, 6.07) is 31.9. The predicted molar refractivity (Wildman–Crippen MR) is 181 cm³/mol. The molecule has 2 heterocycles. The van der Waals surface area contributed by atoms with E-state index in [1.165, 1.54) is 4.57 Å². The number of nitrogens with zero attached hydrogens (tertiary/aromatic N) is 4. The largest absolute Gasteiger partial charge is 0.368 e. The highest BCUT2D eigenvalue weighted by molar-refractivity contribution is 5.98. The van der Waals surface area contributed by atoms with Gasteiger partial charge < -0.3 is 15.1 Å². The summed E-state index contributed by atoms with van der Waals surface area (Å²) in [4.78, 5) is 58.7. The number of nitrogens with one attached hydrogen (secondary N) is 1. The van der Waals surface area contributed by atoms with E-state index in [4.69, 9.17) is 0 Å². The van der Waals surface area contributed by atoms with Gasteiger partial charge in [0.25, 0.3) is 11.5 Å².